The molecule has 0 amide bonds. The monoisotopic (exact) mass is 124 g/mol. The quantitative estimate of drug-likeness (QED) is 0.520. The van der Waals surface area contributed by atoms with Crippen LogP contribution >= 0.6 is 11.3 Å². The molecule has 0 aliphatic heterocycles. The summed E-state index contributed by atoms with van der Waals surface area (Å²) in [5.74, 6) is -0.347. The molecule has 2 radical (unpaired) electrons. The van der Waals surface area contributed by atoms with Gasteiger partial charge in [-0.05, 0) is 11.4 Å². The summed E-state index contributed by atoms with van der Waals surface area (Å²) < 4.78 is 0. The molecule has 0 saturated heterocycles. The van der Waals surface area contributed by atoms with Crippen LogP contribution < -0.4 is 0 Å². The molecule has 1 nitrogen and oxygen atoms in total. The highest BCUT2D eigenvalue weighted by Crippen LogP contribution is 2.07. The Morgan fingerprint density at radius 1 is 1.75 bits per heavy atom. The van der Waals surface area contributed by atoms with Crippen LogP contribution in [0.25, 0.3) is 0 Å². The predicted molar refractivity (Wildman–Crippen MR) is 32.9 cm³/mol. The molecule has 0 bridgehead atoms. The van der Waals surface area contributed by atoms with Crippen molar-refractivity contribution in [2.24, 2.45) is 0 Å². The van der Waals surface area contributed by atoms with E-state index < -0.39 is 0 Å². The zero-order valence-electron chi connectivity index (χ0n) is 4.13. The second-order valence-corrected chi connectivity index (χ2v) is 2.29. The van der Waals surface area contributed by atoms with Crippen molar-refractivity contribution in [1.29, 1.82) is 0 Å². The van der Waals surface area contributed by atoms with Crippen molar-refractivity contribution in [2.75, 3.05) is 0 Å². The maximum Gasteiger partial charge on any atom is 0.177 e. The second-order valence-electron chi connectivity index (χ2n) is 1.34. The van der Waals surface area contributed by atoms with Gasteiger partial charge in [-0.1, -0.05) is 6.07 Å². The molecule has 1 aromatic rings. The van der Waals surface area contributed by atoms with Crippen molar-refractivity contribution in [3.63, 3.8) is 0 Å². The van der Waals surface area contributed by atoms with Crippen LogP contribution in [0, 0.1) is 6.92 Å². The van der Waals surface area contributed by atoms with Crippen LogP contribution in [-0.4, -0.2) is 5.78 Å². The fourth-order valence-corrected chi connectivity index (χ4v) is 0.996. The molecule has 1 rings (SSSR count). The van der Waals surface area contributed by atoms with Gasteiger partial charge in [0.25, 0.3) is 0 Å². The second kappa shape index (κ2) is 2.09. The molecule has 0 aromatic carbocycles. The molecule has 0 saturated carbocycles. The van der Waals surface area contributed by atoms with E-state index in [0.29, 0.717) is 4.88 Å². The average Bonchev–Trinajstić information content (AvgIpc) is 2.12. The van der Waals surface area contributed by atoms with Crippen LogP contribution in [0.5, 0.6) is 0 Å². The summed E-state index contributed by atoms with van der Waals surface area (Å²) >= 11 is 1.36. The Morgan fingerprint density at radius 3 is 2.75 bits per heavy atom. The lowest BCUT2D eigenvalue weighted by Gasteiger charge is -1.78. The van der Waals surface area contributed by atoms with E-state index in [4.69, 9.17) is 6.92 Å². The third-order valence-electron chi connectivity index (χ3n) is 0.764. The smallest absolute Gasteiger partial charge is 0.177 e. The normalized spacial score (nSPS) is 9.12. The van der Waals surface area contributed by atoms with Gasteiger partial charge >= 0.3 is 0 Å². The van der Waals surface area contributed by atoms with Crippen molar-refractivity contribution in [3.05, 3.63) is 29.3 Å². The van der Waals surface area contributed by atoms with E-state index >= 15 is 0 Å². The van der Waals surface area contributed by atoms with Crippen LogP contribution in [0.15, 0.2) is 17.5 Å². The topological polar surface area (TPSA) is 17.1 Å². The van der Waals surface area contributed by atoms with Gasteiger partial charge in [0.15, 0.2) is 5.78 Å². The van der Waals surface area contributed by atoms with E-state index in [1.807, 2.05) is 5.38 Å². The van der Waals surface area contributed by atoms with Gasteiger partial charge in [-0.15, -0.1) is 11.3 Å². The third kappa shape index (κ3) is 0.954. The number of rotatable bonds is 1. The fraction of sp³-hybridized carbons (Fsp3) is 0. The first kappa shape index (κ1) is 5.51. The van der Waals surface area contributed by atoms with E-state index in [2.05, 4.69) is 0 Å². The summed E-state index contributed by atoms with van der Waals surface area (Å²) in [5, 5.41) is 1.82. The lowest BCUT2D eigenvalue weighted by Crippen LogP contribution is -1.83. The molecule has 0 atom stereocenters. The van der Waals surface area contributed by atoms with Crippen LogP contribution in [0.4, 0.5) is 0 Å². The number of carbonyl (C=O) groups excluding carboxylic acids is 1. The first-order valence-electron chi connectivity index (χ1n) is 2.14. The van der Waals surface area contributed by atoms with Gasteiger partial charge in [-0.2, -0.15) is 0 Å². The summed E-state index contributed by atoms with van der Waals surface area (Å²) in [4.78, 5) is 10.9. The highest BCUT2D eigenvalue weighted by atomic mass is 32.1. The summed E-state index contributed by atoms with van der Waals surface area (Å²) in [5.41, 5.74) is 0. The largest absolute Gasteiger partial charge is 0.293 e. The van der Waals surface area contributed by atoms with Gasteiger partial charge in [0.1, 0.15) is 0 Å². The van der Waals surface area contributed by atoms with Crippen LogP contribution in [0.2, 0.25) is 0 Å². The Kier molecular flexibility index (Phi) is 1.44. The average molecular weight is 124 g/mol. The molecule has 0 aliphatic rings. The minimum absolute atomic E-state index is 0.347. The Labute approximate surface area is 52.0 Å². The van der Waals surface area contributed by atoms with Crippen LogP contribution in [0.3, 0.4) is 0 Å². The number of ketones is 1. The molecule has 0 N–H and O–H groups in total. The van der Waals surface area contributed by atoms with Crippen molar-refractivity contribution in [2.45, 2.75) is 0 Å². The first-order valence-corrected chi connectivity index (χ1v) is 3.02. The van der Waals surface area contributed by atoms with E-state index in [1.165, 1.54) is 11.3 Å². The van der Waals surface area contributed by atoms with E-state index in [1.54, 1.807) is 12.1 Å². The molecule has 1 heterocycles. The molecule has 1 aromatic heterocycles. The molecular weight excluding hydrogens is 120 g/mol. The molecule has 0 spiro atoms. The SMILES string of the molecule is [CH]C(=O)c1cccs1. The van der Waals surface area contributed by atoms with Crippen molar-refractivity contribution < 1.29 is 4.79 Å². The number of thiophene rings is 1. The highest BCUT2D eigenvalue weighted by Gasteiger charge is 1.96. The van der Waals surface area contributed by atoms with Gasteiger partial charge in [-0.3, -0.25) is 4.79 Å². The summed E-state index contributed by atoms with van der Waals surface area (Å²) in [6.45, 7) is 4.93. The van der Waals surface area contributed by atoms with Crippen molar-refractivity contribution >= 4 is 17.1 Å². The molecular formula is C6H4OS. The minimum Gasteiger partial charge on any atom is -0.293 e. The molecule has 8 heavy (non-hydrogen) atoms. The Morgan fingerprint density at radius 2 is 2.50 bits per heavy atom. The summed E-state index contributed by atoms with van der Waals surface area (Å²) in [6.07, 6.45) is 0. The van der Waals surface area contributed by atoms with Crippen molar-refractivity contribution in [3.8, 4) is 0 Å². The Balaban J connectivity index is 2.93. The first-order chi connectivity index (χ1) is 3.80. The predicted octanol–water partition coefficient (Wildman–Crippen LogP) is 1.64. The molecule has 40 valence electrons. The van der Waals surface area contributed by atoms with Gasteiger partial charge in [0.05, 0.1) is 4.88 Å². The zero-order valence-corrected chi connectivity index (χ0v) is 4.94. The van der Waals surface area contributed by atoms with E-state index in [9.17, 15) is 4.79 Å². The lowest BCUT2D eigenvalue weighted by atomic mass is 10.4. The van der Waals surface area contributed by atoms with Crippen LogP contribution in [0.1, 0.15) is 9.67 Å². The molecule has 0 aliphatic carbocycles. The number of hydrogen-bond donors (Lipinski definition) is 0. The molecule has 0 unspecified atom stereocenters. The number of Topliss-reactive ketones (excluding diaryl/α,β-unsaturated/α-hetero) is 1. The van der Waals surface area contributed by atoms with E-state index in [-0.39, 0.29) is 5.78 Å². The molecule has 0 fully saturated rings. The van der Waals surface area contributed by atoms with Gasteiger partial charge in [0, 0.05) is 6.92 Å². The summed E-state index contributed by atoms with van der Waals surface area (Å²) in [6, 6.07) is 3.50. The minimum atomic E-state index is -0.347. The molecule has 2 heteroatoms. The highest BCUT2D eigenvalue weighted by molar-refractivity contribution is 7.12. The fourth-order valence-electron chi connectivity index (χ4n) is 0.419. The van der Waals surface area contributed by atoms with Crippen LogP contribution in [-0.2, 0) is 0 Å². The van der Waals surface area contributed by atoms with Gasteiger partial charge in [0.2, 0.25) is 0 Å². The van der Waals surface area contributed by atoms with E-state index in [0.717, 1.165) is 0 Å². The summed E-state index contributed by atoms with van der Waals surface area (Å²) in [7, 11) is 0. The van der Waals surface area contributed by atoms with Gasteiger partial charge < -0.3 is 0 Å². The Hall–Kier alpha value is -0.630. The lowest BCUT2D eigenvalue weighted by molar-refractivity contribution is 0.104. The Bertz CT molecular complexity index is 176. The van der Waals surface area contributed by atoms with Crippen molar-refractivity contribution in [1.82, 2.24) is 0 Å². The zero-order chi connectivity index (χ0) is 5.98. The number of carbonyl (C=O) groups is 1. The maximum atomic E-state index is 10.3. The third-order valence-corrected chi connectivity index (χ3v) is 1.65. The number of hydrogen-bond acceptors (Lipinski definition) is 2. The van der Waals surface area contributed by atoms with Gasteiger partial charge in [-0.25, -0.2) is 0 Å². The standard InChI is InChI=1S/C6H4OS/c1-5(7)6-3-2-4-8-6/h1-4H. The maximum absolute atomic E-state index is 10.3.